The quantitative estimate of drug-likeness (QED) is 0.743. The minimum absolute atomic E-state index is 0.262. The highest BCUT2D eigenvalue weighted by atomic mass is 32.2. The monoisotopic (exact) mass is 369 g/mol. The van der Waals surface area contributed by atoms with Crippen molar-refractivity contribution < 1.29 is 19.0 Å². The lowest BCUT2D eigenvalue weighted by Gasteiger charge is -2.14. The smallest absolute Gasteiger partial charge is 0.284 e. The van der Waals surface area contributed by atoms with Gasteiger partial charge >= 0.3 is 0 Å². The van der Waals surface area contributed by atoms with Crippen LogP contribution in [0, 0.1) is 6.92 Å². The summed E-state index contributed by atoms with van der Waals surface area (Å²) in [6.45, 7) is 2.02. The van der Waals surface area contributed by atoms with E-state index < -0.39 is 0 Å². The predicted molar refractivity (Wildman–Crippen MR) is 104 cm³/mol. The molecule has 0 aliphatic carbocycles. The first-order chi connectivity index (χ1) is 12.6. The maximum Gasteiger partial charge on any atom is 0.284 e. The van der Waals surface area contributed by atoms with Gasteiger partial charge in [0, 0.05) is 11.1 Å². The van der Waals surface area contributed by atoms with E-state index in [0.29, 0.717) is 27.2 Å². The Bertz CT molecular complexity index is 901. The highest BCUT2D eigenvalue weighted by Crippen LogP contribution is 2.42. The van der Waals surface area contributed by atoms with E-state index in [9.17, 15) is 4.79 Å². The lowest BCUT2D eigenvalue weighted by atomic mass is 10.1. The van der Waals surface area contributed by atoms with Crippen molar-refractivity contribution in [1.82, 2.24) is 0 Å². The summed E-state index contributed by atoms with van der Waals surface area (Å²) >= 11 is 1.35. The molecule has 1 aliphatic rings. The highest BCUT2D eigenvalue weighted by Gasteiger charge is 2.24. The maximum atomic E-state index is 12.3. The summed E-state index contributed by atoms with van der Waals surface area (Å²) in [6.07, 6.45) is 1.76. The van der Waals surface area contributed by atoms with E-state index in [1.54, 1.807) is 33.5 Å². The number of carbonyl (C=O) groups excluding carboxylic acids is 1. The molecule has 1 aliphatic heterocycles. The Kier molecular flexibility index (Phi) is 5.32. The van der Waals surface area contributed by atoms with Crippen LogP contribution in [0.3, 0.4) is 0 Å². The number of hydrogen-bond acceptors (Lipinski definition) is 5. The number of ether oxygens (including phenoxy) is 3. The Hall–Kier alpha value is -2.73. The zero-order chi connectivity index (χ0) is 18.7. The first-order valence-electron chi connectivity index (χ1n) is 7.96. The SMILES string of the molecule is COc1ccc(/C=C2/SC(c3ccc(C)cc3)=NC2=O)c(OC)c1OC. The Morgan fingerprint density at radius 1 is 0.923 bits per heavy atom. The molecule has 26 heavy (non-hydrogen) atoms. The Morgan fingerprint density at radius 3 is 2.23 bits per heavy atom. The summed E-state index contributed by atoms with van der Waals surface area (Å²) in [5.41, 5.74) is 2.81. The summed E-state index contributed by atoms with van der Waals surface area (Å²) in [5, 5.41) is 0.695. The normalized spacial score (nSPS) is 15.2. The van der Waals surface area contributed by atoms with Gasteiger partial charge < -0.3 is 14.2 Å². The van der Waals surface area contributed by atoms with Crippen LogP contribution in [0.4, 0.5) is 0 Å². The lowest BCUT2D eigenvalue weighted by Crippen LogP contribution is -1.97. The van der Waals surface area contributed by atoms with Crippen LogP contribution < -0.4 is 14.2 Å². The van der Waals surface area contributed by atoms with Gasteiger partial charge in [0.1, 0.15) is 5.04 Å². The zero-order valence-corrected chi connectivity index (χ0v) is 15.8. The Labute approximate surface area is 156 Å². The number of nitrogens with zero attached hydrogens (tertiary/aromatic N) is 1. The number of methoxy groups -OCH3 is 3. The van der Waals surface area contributed by atoms with E-state index >= 15 is 0 Å². The van der Waals surface area contributed by atoms with E-state index in [4.69, 9.17) is 14.2 Å². The fourth-order valence-electron chi connectivity index (χ4n) is 2.61. The molecule has 6 heteroatoms. The summed E-state index contributed by atoms with van der Waals surface area (Å²) in [7, 11) is 4.66. The van der Waals surface area contributed by atoms with Gasteiger partial charge in [-0.1, -0.05) is 41.6 Å². The molecule has 134 valence electrons. The van der Waals surface area contributed by atoms with Crippen molar-refractivity contribution in [3.8, 4) is 17.2 Å². The fourth-order valence-corrected chi connectivity index (χ4v) is 3.52. The Balaban J connectivity index is 1.94. The van der Waals surface area contributed by atoms with Crippen molar-refractivity contribution in [2.75, 3.05) is 21.3 Å². The van der Waals surface area contributed by atoms with Gasteiger partial charge in [-0.2, -0.15) is 0 Å². The van der Waals surface area contributed by atoms with Gasteiger partial charge in [-0.3, -0.25) is 4.79 Å². The molecule has 0 saturated carbocycles. The molecule has 0 spiro atoms. The molecule has 0 radical (unpaired) electrons. The number of carbonyl (C=O) groups is 1. The minimum atomic E-state index is -0.262. The number of thioether (sulfide) groups is 1. The second-order valence-corrected chi connectivity index (χ2v) is 6.65. The summed E-state index contributed by atoms with van der Waals surface area (Å²) in [5.74, 6) is 1.30. The first-order valence-corrected chi connectivity index (χ1v) is 8.77. The Morgan fingerprint density at radius 2 is 1.62 bits per heavy atom. The van der Waals surface area contributed by atoms with Gasteiger partial charge in [0.25, 0.3) is 5.91 Å². The minimum Gasteiger partial charge on any atom is -0.493 e. The summed E-state index contributed by atoms with van der Waals surface area (Å²) < 4.78 is 16.2. The molecule has 0 bridgehead atoms. The maximum absolute atomic E-state index is 12.3. The van der Waals surface area contributed by atoms with Gasteiger partial charge in [-0.15, -0.1) is 0 Å². The molecule has 0 atom stereocenters. The molecule has 5 nitrogen and oxygen atoms in total. The predicted octanol–water partition coefficient (Wildman–Crippen LogP) is 4.08. The van der Waals surface area contributed by atoms with Crippen molar-refractivity contribution in [3.63, 3.8) is 0 Å². The van der Waals surface area contributed by atoms with Gasteiger partial charge in [0.2, 0.25) is 5.75 Å². The van der Waals surface area contributed by atoms with E-state index in [-0.39, 0.29) is 5.91 Å². The van der Waals surface area contributed by atoms with Gasteiger partial charge in [0.15, 0.2) is 11.5 Å². The third-order valence-corrected chi connectivity index (χ3v) is 4.97. The molecule has 0 N–H and O–H groups in total. The number of benzene rings is 2. The number of aliphatic imine (C=N–C) groups is 1. The van der Waals surface area contributed by atoms with Gasteiger partial charge in [-0.25, -0.2) is 4.99 Å². The van der Waals surface area contributed by atoms with Crippen molar-refractivity contribution in [3.05, 3.63) is 58.0 Å². The van der Waals surface area contributed by atoms with Crippen molar-refractivity contribution in [1.29, 1.82) is 0 Å². The molecular weight excluding hydrogens is 350 g/mol. The number of amides is 1. The molecule has 3 rings (SSSR count). The standard InChI is InChI=1S/C20H19NO4S/c1-12-5-7-13(8-6-12)20-21-19(22)16(26-20)11-14-9-10-15(23-2)18(25-4)17(14)24-3/h5-11H,1-4H3/b16-11+. The van der Waals surface area contributed by atoms with Crippen molar-refractivity contribution >= 4 is 28.8 Å². The van der Waals surface area contributed by atoms with Crippen LogP contribution in [0.5, 0.6) is 17.2 Å². The first kappa shape index (κ1) is 18.1. The second kappa shape index (κ2) is 7.66. The molecule has 0 unspecified atom stereocenters. The molecule has 0 aromatic heterocycles. The van der Waals surface area contributed by atoms with Crippen LogP contribution in [0.25, 0.3) is 6.08 Å². The van der Waals surface area contributed by atoms with Crippen molar-refractivity contribution in [2.45, 2.75) is 6.92 Å². The lowest BCUT2D eigenvalue weighted by molar-refractivity contribution is -0.113. The highest BCUT2D eigenvalue weighted by molar-refractivity contribution is 8.19. The van der Waals surface area contributed by atoms with E-state index in [2.05, 4.69) is 4.99 Å². The fraction of sp³-hybridized carbons (Fsp3) is 0.200. The number of aryl methyl sites for hydroxylation is 1. The van der Waals surface area contributed by atoms with E-state index in [1.165, 1.54) is 11.8 Å². The average Bonchev–Trinajstić information content (AvgIpc) is 3.02. The second-order valence-electron chi connectivity index (χ2n) is 5.62. The molecule has 0 fully saturated rings. The van der Waals surface area contributed by atoms with E-state index in [1.807, 2.05) is 37.3 Å². The van der Waals surface area contributed by atoms with Crippen LogP contribution in [0.1, 0.15) is 16.7 Å². The third kappa shape index (κ3) is 3.46. The number of hydrogen-bond donors (Lipinski definition) is 0. The summed E-state index contributed by atoms with van der Waals surface area (Å²) in [6, 6.07) is 11.5. The molecule has 1 amide bonds. The van der Waals surface area contributed by atoms with E-state index in [0.717, 1.165) is 16.7 Å². The van der Waals surface area contributed by atoms with Crippen LogP contribution in [-0.4, -0.2) is 32.3 Å². The molecule has 2 aromatic carbocycles. The average molecular weight is 369 g/mol. The van der Waals surface area contributed by atoms with Crippen LogP contribution in [0.2, 0.25) is 0 Å². The largest absolute Gasteiger partial charge is 0.493 e. The molecule has 2 aromatic rings. The zero-order valence-electron chi connectivity index (χ0n) is 15.0. The molecule has 0 saturated heterocycles. The van der Waals surface area contributed by atoms with Crippen LogP contribution in [0.15, 0.2) is 46.3 Å². The van der Waals surface area contributed by atoms with Crippen molar-refractivity contribution in [2.24, 2.45) is 4.99 Å². The molecular formula is C20H19NO4S. The topological polar surface area (TPSA) is 57.1 Å². The van der Waals surface area contributed by atoms with Crippen LogP contribution >= 0.6 is 11.8 Å². The number of rotatable bonds is 5. The third-order valence-electron chi connectivity index (χ3n) is 3.94. The van der Waals surface area contributed by atoms with Gasteiger partial charge in [0.05, 0.1) is 26.2 Å². The van der Waals surface area contributed by atoms with Gasteiger partial charge in [-0.05, 0) is 25.1 Å². The molecule has 1 heterocycles. The summed E-state index contributed by atoms with van der Waals surface area (Å²) in [4.78, 5) is 17.0. The van der Waals surface area contributed by atoms with Crippen LogP contribution in [-0.2, 0) is 4.79 Å².